The van der Waals surface area contributed by atoms with Crippen LogP contribution < -0.4 is 5.32 Å². The van der Waals surface area contributed by atoms with Crippen molar-refractivity contribution < 1.29 is 0 Å². The molecule has 0 aromatic carbocycles. The Hall–Kier alpha value is 0.1000. The summed E-state index contributed by atoms with van der Waals surface area (Å²) in [6.45, 7) is 6.98. The molecule has 2 heterocycles. The van der Waals surface area contributed by atoms with Gasteiger partial charge in [-0.1, -0.05) is 13.3 Å². The highest BCUT2D eigenvalue weighted by Gasteiger charge is 2.32. The summed E-state index contributed by atoms with van der Waals surface area (Å²) >= 11 is 5.33. The second kappa shape index (κ2) is 7.21. The van der Waals surface area contributed by atoms with Crippen LogP contribution in [0.15, 0.2) is 15.2 Å². The van der Waals surface area contributed by atoms with E-state index >= 15 is 0 Å². The van der Waals surface area contributed by atoms with Crippen LogP contribution in [0.1, 0.15) is 38.2 Å². The minimum absolute atomic E-state index is 0.495. The molecule has 1 aliphatic rings. The minimum Gasteiger partial charge on any atom is -0.316 e. The van der Waals surface area contributed by atoms with Crippen molar-refractivity contribution in [3.63, 3.8) is 0 Å². The molecule has 1 aliphatic heterocycles. The highest BCUT2D eigenvalue weighted by atomic mass is 79.9. The molecule has 108 valence electrons. The summed E-state index contributed by atoms with van der Waals surface area (Å²) in [7, 11) is 2.26. The fraction of sp³-hybridized carbons (Fsp3) is 0.733. The SMILES string of the molecule is CCCC1(CN(C)Cc2csc(Br)c2)CCCNC1. The van der Waals surface area contributed by atoms with E-state index < -0.39 is 0 Å². The molecule has 0 amide bonds. The first-order valence-corrected chi connectivity index (χ1v) is 8.93. The number of halogens is 1. The normalized spacial score (nSPS) is 24.0. The van der Waals surface area contributed by atoms with Crippen LogP contribution in [-0.2, 0) is 6.54 Å². The van der Waals surface area contributed by atoms with E-state index in [0.29, 0.717) is 5.41 Å². The van der Waals surface area contributed by atoms with Crippen LogP contribution in [-0.4, -0.2) is 31.6 Å². The van der Waals surface area contributed by atoms with E-state index in [2.05, 4.69) is 51.6 Å². The van der Waals surface area contributed by atoms with E-state index in [1.807, 2.05) is 0 Å². The topological polar surface area (TPSA) is 15.3 Å². The first-order valence-electron chi connectivity index (χ1n) is 7.26. The van der Waals surface area contributed by atoms with Crippen molar-refractivity contribution in [1.29, 1.82) is 0 Å². The Balaban J connectivity index is 1.92. The van der Waals surface area contributed by atoms with Crippen molar-refractivity contribution in [1.82, 2.24) is 10.2 Å². The summed E-state index contributed by atoms with van der Waals surface area (Å²) in [5.41, 5.74) is 1.92. The molecule has 1 fully saturated rings. The summed E-state index contributed by atoms with van der Waals surface area (Å²) in [6.07, 6.45) is 5.35. The van der Waals surface area contributed by atoms with Crippen molar-refractivity contribution in [2.75, 3.05) is 26.7 Å². The van der Waals surface area contributed by atoms with Gasteiger partial charge in [0.25, 0.3) is 0 Å². The van der Waals surface area contributed by atoms with Gasteiger partial charge >= 0.3 is 0 Å². The maximum Gasteiger partial charge on any atom is 0.0701 e. The highest BCUT2D eigenvalue weighted by Crippen LogP contribution is 2.33. The number of hydrogen-bond acceptors (Lipinski definition) is 3. The fourth-order valence-corrected chi connectivity index (χ4v) is 4.56. The average molecular weight is 345 g/mol. The third-order valence-corrected chi connectivity index (χ3v) is 5.57. The van der Waals surface area contributed by atoms with Gasteiger partial charge in [0.2, 0.25) is 0 Å². The average Bonchev–Trinajstić information content (AvgIpc) is 2.75. The molecule has 0 bridgehead atoms. The number of piperidine rings is 1. The van der Waals surface area contributed by atoms with Crippen LogP contribution in [0.4, 0.5) is 0 Å². The van der Waals surface area contributed by atoms with Crippen LogP contribution in [0, 0.1) is 5.41 Å². The maximum absolute atomic E-state index is 3.60. The molecular formula is C15H25BrN2S. The van der Waals surface area contributed by atoms with Gasteiger partial charge in [0, 0.05) is 19.6 Å². The molecule has 19 heavy (non-hydrogen) atoms. The molecular weight excluding hydrogens is 320 g/mol. The van der Waals surface area contributed by atoms with Gasteiger partial charge in [0.05, 0.1) is 3.79 Å². The summed E-state index contributed by atoms with van der Waals surface area (Å²) in [4.78, 5) is 2.50. The molecule has 2 rings (SSSR count). The lowest BCUT2D eigenvalue weighted by molar-refractivity contribution is 0.118. The van der Waals surface area contributed by atoms with Crippen LogP contribution >= 0.6 is 27.3 Å². The quantitative estimate of drug-likeness (QED) is 0.835. The second-order valence-electron chi connectivity index (χ2n) is 5.96. The van der Waals surface area contributed by atoms with Gasteiger partial charge in [0.1, 0.15) is 0 Å². The molecule has 1 saturated heterocycles. The first-order chi connectivity index (χ1) is 9.13. The zero-order valence-corrected chi connectivity index (χ0v) is 14.4. The van der Waals surface area contributed by atoms with E-state index in [1.54, 1.807) is 11.3 Å². The van der Waals surface area contributed by atoms with Gasteiger partial charge in [-0.25, -0.2) is 0 Å². The zero-order chi connectivity index (χ0) is 13.7. The molecule has 1 unspecified atom stereocenters. The van der Waals surface area contributed by atoms with Gasteiger partial charge in [-0.2, -0.15) is 0 Å². The smallest absolute Gasteiger partial charge is 0.0701 e. The summed E-state index contributed by atoms with van der Waals surface area (Å²) in [5, 5.41) is 5.86. The van der Waals surface area contributed by atoms with Crippen molar-refractivity contribution in [3.8, 4) is 0 Å². The number of hydrogen-bond donors (Lipinski definition) is 1. The van der Waals surface area contributed by atoms with Gasteiger partial charge in [0.15, 0.2) is 0 Å². The van der Waals surface area contributed by atoms with E-state index in [1.165, 1.54) is 54.7 Å². The molecule has 1 N–H and O–H groups in total. The summed E-state index contributed by atoms with van der Waals surface area (Å²) in [6, 6.07) is 2.24. The molecule has 1 atom stereocenters. The molecule has 0 spiro atoms. The molecule has 2 nitrogen and oxygen atoms in total. The highest BCUT2D eigenvalue weighted by molar-refractivity contribution is 9.11. The zero-order valence-electron chi connectivity index (χ0n) is 12.0. The second-order valence-corrected chi connectivity index (χ2v) is 8.25. The van der Waals surface area contributed by atoms with E-state index in [9.17, 15) is 0 Å². The number of nitrogens with one attached hydrogen (secondary N) is 1. The number of thiophene rings is 1. The van der Waals surface area contributed by atoms with Gasteiger partial charge < -0.3 is 10.2 Å². The van der Waals surface area contributed by atoms with Crippen molar-refractivity contribution in [3.05, 3.63) is 20.8 Å². The van der Waals surface area contributed by atoms with Crippen LogP contribution in [0.2, 0.25) is 0 Å². The Morgan fingerprint density at radius 3 is 2.95 bits per heavy atom. The molecule has 1 aromatic heterocycles. The van der Waals surface area contributed by atoms with Crippen molar-refractivity contribution >= 4 is 27.3 Å². The minimum atomic E-state index is 0.495. The third kappa shape index (κ3) is 4.55. The van der Waals surface area contributed by atoms with Crippen LogP contribution in [0.25, 0.3) is 0 Å². The monoisotopic (exact) mass is 344 g/mol. The summed E-state index contributed by atoms with van der Waals surface area (Å²) < 4.78 is 1.23. The lowest BCUT2D eigenvalue weighted by Gasteiger charge is -2.40. The lowest BCUT2D eigenvalue weighted by Crippen LogP contribution is -2.46. The lowest BCUT2D eigenvalue weighted by atomic mass is 9.76. The third-order valence-electron chi connectivity index (χ3n) is 4.02. The fourth-order valence-electron chi connectivity index (χ4n) is 3.36. The first kappa shape index (κ1) is 15.5. The Kier molecular flexibility index (Phi) is 5.87. The Morgan fingerprint density at radius 2 is 2.37 bits per heavy atom. The summed E-state index contributed by atoms with van der Waals surface area (Å²) in [5.74, 6) is 0. The number of rotatable bonds is 6. The number of nitrogens with zero attached hydrogens (tertiary/aromatic N) is 1. The Bertz CT molecular complexity index is 380. The van der Waals surface area contributed by atoms with Crippen molar-refractivity contribution in [2.45, 2.75) is 39.2 Å². The molecule has 0 radical (unpaired) electrons. The van der Waals surface area contributed by atoms with Crippen LogP contribution in [0.5, 0.6) is 0 Å². The Morgan fingerprint density at radius 1 is 1.53 bits per heavy atom. The van der Waals surface area contributed by atoms with E-state index in [0.717, 1.165) is 6.54 Å². The largest absolute Gasteiger partial charge is 0.316 e. The maximum atomic E-state index is 3.60. The van der Waals surface area contributed by atoms with Gasteiger partial charge in [-0.15, -0.1) is 11.3 Å². The van der Waals surface area contributed by atoms with Gasteiger partial charge in [-0.3, -0.25) is 0 Å². The molecule has 0 saturated carbocycles. The van der Waals surface area contributed by atoms with Gasteiger partial charge in [-0.05, 0) is 71.2 Å². The van der Waals surface area contributed by atoms with Crippen molar-refractivity contribution in [2.24, 2.45) is 5.41 Å². The predicted octanol–water partition coefficient (Wildman–Crippen LogP) is 4.11. The van der Waals surface area contributed by atoms with E-state index in [-0.39, 0.29) is 0 Å². The van der Waals surface area contributed by atoms with E-state index in [4.69, 9.17) is 0 Å². The predicted molar refractivity (Wildman–Crippen MR) is 87.8 cm³/mol. The molecule has 1 aromatic rings. The van der Waals surface area contributed by atoms with Crippen LogP contribution in [0.3, 0.4) is 0 Å². The Labute approximate surface area is 129 Å². The standard InChI is InChI=1S/C15H25BrN2S/c1-3-5-15(6-4-7-17-11-15)12-18(2)9-13-8-14(16)19-10-13/h8,10,17H,3-7,9,11-12H2,1-2H3. The molecule has 0 aliphatic carbocycles. The molecule has 4 heteroatoms.